The van der Waals surface area contributed by atoms with Crippen LogP contribution < -0.4 is 0 Å². The molecule has 2 bridgehead atoms. The van der Waals surface area contributed by atoms with Gasteiger partial charge in [0.15, 0.2) is 0 Å². The molecule has 1 aromatic carbocycles. The van der Waals surface area contributed by atoms with Crippen molar-refractivity contribution in [2.75, 3.05) is 0 Å². The maximum absolute atomic E-state index is 13.5. The molecule has 8 nitrogen and oxygen atoms in total. The molecule has 1 saturated heterocycles. The van der Waals surface area contributed by atoms with Crippen molar-refractivity contribution < 1.29 is 12.9 Å². The van der Waals surface area contributed by atoms with Crippen LogP contribution in [0.3, 0.4) is 0 Å². The third kappa shape index (κ3) is 2.53. The standard InChI is InChI=1S/C19H21N5O3S/c1-12-16(11-20-23(12)2)28(25,26)24-15-9-8-14(10-15)17(24)19-21-18(22-27-19)13-6-4-3-5-7-13/h3-7,11,14-15,17H,8-10H2,1-2H3/t14-,15-,17-/m0/s1. The molecule has 3 aromatic rings. The predicted molar refractivity (Wildman–Crippen MR) is 101 cm³/mol. The molecule has 146 valence electrons. The zero-order valence-corrected chi connectivity index (χ0v) is 16.5. The molecule has 3 heterocycles. The maximum atomic E-state index is 13.5. The molecule has 9 heteroatoms. The average Bonchev–Trinajstić information content (AvgIpc) is 3.46. The first-order chi connectivity index (χ1) is 13.5. The summed E-state index contributed by atoms with van der Waals surface area (Å²) in [5.41, 5.74) is 1.47. The fourth-order valence-electron chi connectivity index (χ4n) is 4.51. The highest BCUT2D eigenvalue weighted by Crippen LogP contribution is 2.52. The van der Waals surface area contributed by atoms with Gasteiger partial charge >= 0.3 is 0 Å². The van der Waals surface area contributed by atoms with Gasteiger partial charge in [-0.25, -0.2) is 8.42 Å². The quantitative estimate of drug-likeness (QED) is 0.669. The van der Waals surface area contributed by atoms with Gasteiger partial charge in [-0.15, -0.1) is 0 Å². The van der Waals surface area contributed by atoms with E-state index < -0.39 is 16.1 Å². The fourth-order valence-corrected chi connectivity index (χ4v) is 6.56. The van der Waals surface area contributed by atoms with Gasteiger partial charge in [-0.05, 0) is 32.1 Å². The first kappa shape index (κ1) is 17.6. The van der Waals surface area contributed by atoms with Crippen LogP contribution in [-0.4, -0.2) is 38.7 Å². The molecule has 0 spiro atoms. The first-order valence-corrected chi connectivity index (χ1v) is 10.8. The Labute approximate surface area is 163 Å². The normalized spacial score (nSPS) is 24.9. The van der Waals surface area contributed by atoms with Gasteiger partial charge < -0.3 is 4.52 Å². The van der Waals surface area contributed by atoms with E-state index in [0.29, 0.717) is 17.4 Å². The molecule has 2 aromatic heterocycles. The largest absolute Gasteiger partial charge is 0.337 e. The highest BCUT2D eigenvalue weighted by atomic mass is 32.2. The van der Waals surface area contributed by atoms with Crippen molar-refractivity contribution in [3.05, 3.63) is 48.1 Å². The molecule has 0 unspecified atom stereocenters. The Kier molecular flexibility index (Phi) is 3.92. The van der Waals surface area contributed by atoms with Crippen LogP contribution in [0.5, 0.6) is 0 Å². The van der Waals surface area contributed by atoms with E-state index in [9.17, 15) is 8.42 Å². The molecule has 28 heavy (non-hydrogen) atoms. The highest BCUT2D eigenvalue weighted by molar-refractivity contribution is 7.89. The minimum atomic E-state index is -3.71. The molecule has 2 fully saturated rings. The molecular weight excluding hydrogens is 378 g/mol. The Morgan fingerprint density at radius 3 is 2.68 bits per heavy atom. The first-order valence-electron chi connectivity index (χ1n) is 9.38. The van der Waals surface area contributed by atoms with E-state index in [1.165, 1.54) is 6.20 Å². The van der Waals surface area contributed by atoms with Gasteiger partial charge in [0.2, 0.25) is 21.7 Å². The number of aromatic nitrogens is 4. The van der Waals surface area contributed by atoms with Crippen LogP contribution in [-0.2, 0) is 17.1 Å². The van der Waals surface area contributed by atoms with E-state index >= 15 is 0 Å². The van der Waals surface area contributed by atoms with Crippen molar-refractivity contribution >= 4 is 10.0 Å². The predicted octanol–water partition coefficient (Wildman–Crippen LogP) is 2.69. The Hall–Kier alpha value is -2.52. The van der Waals surface area contributed by atoms with Crippen LogP contribution in [0.25, 0.3) is 11.4 Å². The van der Waals surface area contributed by atoms with E-state index in [4.69, 9.17) is 4.52 Å². The van der Waals surface area contributed by atoms with Crippen molar-refractivity contribution in [1.82, 2.24) is 24.2 Å². The van der Waals surface area contributed by atoms with E-state index in [2.05, 4.69) is 15.2 Å². The van der Waals surface area contributed by atoms with Gasteiger partial charge in [0.05, 0.1) is 11.9 Å². The highest BCUT2D eigenvalue weighted by Gasteiger charge is 2.54. The topological polar surface area (TPSA) is 94.1 Å². The smallest absolute Gasteiger partial charge is 0.247 e. The number of nitrogens with zero attached hydrogens (tertiary/aromatic N) is 5. The van der Waals surface area contributed by atoms with Gasteiger partial charge in [-0.3, -0.25) is 4.68 Å². The number of hydrogen-bond donors (Lipinski definition) is 0. The second-order valence-electron chi connectivity index (χ2n) is 7.55. The molecule has 1 aliphatic heterocycles. The van der Waals surface area contributed by atoms with Crippen molar-refractivity contribution in [3.63, 3.8) is 0 Å². The Balaban J connectivity index is 1.56. The Morgan fingerprint density at radius 2 is 1.96 bits per heavy atom. The third-order valence-corrected chi connectivity index (χ3v) is 8.04. The van der Waals surface area contributed by atoms with Crippen molar-refractivity contribution in [3.8, 4) is 11.4 Å². The van der Waals surface area contributed by atoms with E-state index in [1.54, 1.807) is 23.0 Å². The monoisotopic (exact) mass is 399 g/mol. The number of sulfonamides is 1. The van der Waals surface area contributed by atoms with Gasteiger partial charge in [0.1, 0.15) is 10.9 Å². The summed E-state index contributed by atoms with van der Waals surface area (Å²) in [6, 6.07) is 9.09. The summed E-state index contributed by atoms with van der Waals surface area (Å²) in [7, 11) is -1.97. The van der Waals surface area contributed by atoms with Gasteiger partial charge in [-0.2, -0.15) is 14.4 Å². The minimum absolute atomic E-state index is 0.0355. The lowest BCUT2D eigenvalue weighted by molar-refractivity contribution is 0.197. The molecule has 1 aliphatic carbocycles. The Morgan fingerprint density at radius 1 is 1.18 bits per heavy atom. The molecular formula is C19H21N5O3S. The lowest BCUT2D eigenvalue weighted by Gasteiger charge is -2.31. The summed E-state index contributed by atoms with van der Waals surface area (Å²) in [5.74, 6) is 1.05. The maximum Gasteiger partial charge on any atom is 0.247 e. The molecule has 0 N–H and O–H groups in total. The van der Waals surface area contributed by atoms with E-state index in [0.717, 1.165) is 24.8 Å². The lowest BCUT2D eigenvalue weighted by atomic mass is 10.00. The number of aryl methyl sites for hydroxylation is 1. The van der Waals surface area contributed by atoms with Crippen LogP contribution in [0.2, 0.25) is 0 Å². The molecule has 0 radical (unpaired) electrons. The SMILES string of the molecule is Cc1c(S(=O)(=O)N2[C@H]3CC[C@@H](C3)[C@H]2c2nc(-c3ccccc3)no2)cnn1C. The van der Waals surface area contributed by atoms with Crippen LogP contribution in [0.15, 0.2) is 45.9 Å². The zero-order chi connectivity index (χ0) is 19.5. The summed E-state index contributed by atoms with van der Waals surface area (Å²) < 4.78 is 35.7. The summed E-state index contributed by atoms with van der Waals surface area (Å²) in [6.45, 7) is 1.77. The summed E-state index contributed by atoms with van der Waals surface area (Å²) >= 11 is 0. The molecule has 5 rings (SSSR count). The van der Waals surface area contributed by atoms with Crippen LogP contribution >= 0.6 is 0 Å². The number of piperidine rings is 1. The Bertz CT molecular complexity index is 1120. The van der Waals surface area contributed by atoms with E-state index in [-0.39, 0.29) is 16.9 Å². The average molecular weight is 399 g/mol. The second-order valence-corrected chi connectivity index (χ2v) is 9.36. The number of rotatable bonds is 4. The minimum Gasteiger partial charge on any atom is -0.337 e. The van der Waals surface area contributed by atoms with Gasteiger partial charge in [0.25, 0.3) is 0 Å². The van der Waals surface area contributed by atoms with Gasteiger partial charge in [0, 0.05) is 18.7 Å². The summed E-state index contributed by atoms with van der Waals surface area (Å²) in [4.78, 5) is 4.81. The van der Waals surface area contributed by atoms with Crippen molar-refractivity contribution in [1.29, 1.82) is 0 Å². The molecule has 1 saturated carbocycles. The second kappa shape index (κ2) is 6.25. The zero-order valence-electron chi connectivity index (χ0n) is 15.7. The summed E-state index contributed by atoms with van der Waals surface area (Å²) in [5, 5.41) is 8.22. The fraction of sp³-hybridized carbons (Fsp3) is 0.421. The van der Waals surface area contributed by atoms with Crippen molar-refractivity contribution in [2.45, 2.75) is 43.2 Å². The molecule has 3 atom stereocenters. The molecule has 2 aliphatic rings. The molecule has 0 amide bonds. The van der Waals surface area contributed by atoms with Gasteiger partial charge in [-0.1, -0.05) is 35.5 Å². The van der Waals surface area contributed by atoms with E-state index in [1.807, 2.05) is 30.3 Å². The third-order valence-electron chi connectivity index (χ3n) is 6.00. The van der Waals surface area contributed by atoms with Crippen molar-refractivity contribution in [2.24, 2.45) is 13.0 Å². The number of hydrogen-bond acceptors (Lipinski definition) is 6. The number of fused-ring (bicyclic) bond motifs is 2. The van der Waals surface area contributed by atoms with Crippen LogP contribution in [0.4, 0.5) is 0 Å². The number of benzene rings is 1. The summed E-state index contributed by atoms with van der Waals surface area (Å²) in [6.07, 6.45) is 4.08. The lowest BCUT2D eigenvalue weighted by Crippen LogP contribution is -2.40. The van der Waals surface area contributed by atoms with Crippen LogP contribution in [0, 0.1) is 12.8 Å². The van der Waals surface area contributed by atoms with Crippen LogP contribution in [0.1, 0.15) is 36.9 Å².